The van der Waals surface area contributed by atoms with Crippen LogP contribution in [0.3, 0.4) is 0 Å². The SMILES string of the molecule is O=C1OC(=C(c2ccccc2)c2ccccc2)CC(c2ccccc2)(c2ccccc2)OC1=O. The fourth-order valence-electron chi connectivity index (χ4n) is 4.39. The Morgan fingerprint density at radius 1 is 0.559 bits per heavy atom. The predicted molar refractivity (Wildman–Crippen MR) is 129 cm³/mol. The van der Waals surface area contributed by atoms with Gasteiger partial charge >= 0.3 is 11.9 Å². The van der Waals surface area contributed by atoms with E-state index in [9.17, 15) is 9.59 Å². The molecule has 1 aliphatic rings. The summed E-state index contributed by atoms with van der Waals surface area (Å²) in [7, 11) is 0. The third-order valence-electron chi connectivity index (χ3n) is 5.94. The first kappa shape index (κ1) is 21.4. The lowest BCUT2D eigenvalue weighted by molar-refractivity contribution is -0.169. The Kier molecular flexibility index (Phi) is 5.79. The fraction of sp³-hybridized carbons (Fsp3) is 0.0667. The molecular weight excluding hydrogens is 424 g/mol. The molecule has 0 aliphatic carbocycles. The van der Waals surface area contributed by atoms with Gasteiger partial charge < -0.3 is 9.47 Å². The van der Waals surface area contributed by atoms with Crippen molar-refractivity contribution in [2.75, 3.05) is 0 Å². The van der Waals surface area contributed by atoms with Gasteiger partial charge in [0, 0.05) is 16.7 Å². The Morgan fingerprint density at radius 2 is 0.971 bits per heavy atom. The summed E-state index contributed by atoms with van der Waals surface area (Å²) in [5.74, 6) is -1.68. The molecule has 1 saturated heterocycles. The minimum absolute atomic E-state index is 0.150. The van der Waals surface area contributed by atoms with E-state index in [2.05, 4.69) is 0 Å². The Labute approximate surface area is 198 Å². The van der Waals surface area contributed by atoms with E-state index in [-0.39, 0.29) is 6.42 Å². The maximum Gasteiger partial charge on any atom is 0.422 e. The van der Waals surface area contributed by atoms with Gasteiger partial charge in [-0.3, -0.25) is 0 Å². The van der Waals surface area contributed by atoms with E-state index in [0.717, 1.165) is 27.8 Å². The minimum Gasteiger partial charge on any atom is -0.440 e. The normalized spacial score (nSPS) is 15.1. The summed E-state index contributed by atoms with van der Waals surface area (Å²) in [5.41, 5.74) is 2.76. The molecule has 1 heterocycles. The number of benzene rings is 4. The van der Waals surface area contributed by atoms with E-state index in [1.54, 1.807) is 0 Å². The third-order valence-corrected chi connectivity index (χ3v) is 5.94. The molecule has 1 aliphatic heterocycles. The van der Waals surface area contributed by atoms with Crippen molar-refractivity contribution >= 4 is 17.5 Å². The van der Waals surface area contributed by atoms with Gasteiger partial charge in [0.2, 0.25) is 0 Å². The van der Waals surface area contributed by atoms with Crippen molar-refractivity contribution in [2.24, 2.45) is 0 Å². The molecule has 5 rings (SSSR count). The van der Waals surface area contributed by atoms with Crippen molar-refractivity contribution in [2.45, 2.75) is 12.0 Å². The van der Waals surface area contributed by atoms with Crippen LogP contribution in [0.4, 0.5) is 0 Å². The number of carbonyl (C=O) groups excluding carboxylic acids is 2. The van der Waals surface area contributed by atoms with Gasteiger partial charge in [-0.05, 0) is 11.1 Å². The van der Waals surface area contributed by atoms with Crippen LogP contribution in [-0.2, 0) is 24.7 Å². The first-order chi connectivity index (χ1) is 16.7. The summed E-state index contributed by atoms with van der Waals surface area (Å²) in [6.45, 7) is 0. The summed E-state index contributed by atoms with van der Waals surface area (Å²) >= 11 is 0. The zero-order chi connectivity index (χ0) is 23.4. The van der Waals surface area contributed by atoms with Crippen molar-refractivity contribution in [1.29, 1.82) is 0 Å². The number of esters is 2. The van der Waals surface area contributed by atoms with Crippen LogP contribution in [0, 0.1) is 0 Å². The highest BCUT2D eigenvalue weighted by Gasteiger charge is 2.46. The Hall–Kier alpha value is -4.44. The molecule has 4 aromatic rings. The highest BCUT2D eigenvalue weighted by atomic mass is 16.6. The van der Waals surface area contributed by atoms with Crippen molar-refractivity contribution in [3.05, 3.63) is 149 Å². The van der Waals surface area contributed by atoms with E-state index in [0.29, 0.717) is 5.76 Å². The molecule has 4 heteroatoms. The topological polar surface area (TPSA) is 52.6 Å². The molecule has 4 aromatic carbocycles. The van der Waals surface area contributed by atoms with Crippen LogP contribution in [0.15, 0.2) is 127 Å². The predicted octanol–water partition coefficient (Wildman–Crippen LogP) is 5.88. The molecule has 0 unspecified atom stereocenters. The summed E-state index contributed by atoms with van der Waals surface area (Å²) in [4.78, 5) is 25.7. The third kappa shape index (κ3) is 4.02. The van der Waals surface area contributed by atoms with Crippen LogP contribution in [0.2, 0.25) is 0 Å². The number of rotatable bonds is 4. The Balaban J connectivity index is 1.81. The first-order valence-corrected chi connectivity index (χ1v) is 11.1. The monoisotopic (exact) mass is 446 g/mol. The summed E-state index contributed by atoms with van der Waals surface area (Å²) < 4.78 is 11.7. The van der Waals surface area contributed by atoms with Gasteiger partial charge in [0.15, 0.2) is 5.60 Å². The zero-order valence-electron chi connectivity index (χ0n) is 18.4. The quantitative estimate of drug-likeness (QED) is 0.290. The van der Waals surface area contributed by atoms with Crippen LogP contribution < -0.4 is 0 Å². The maximum atomic E-state index is 12.9. The highest BCUT2D eigenvalue weighted by molar-refractivity contribution is 6.30. The molecule has 0 radical (unpaired) electrons. The average molecular weight is 447 g/mol. The standard InChI is InChI=1S/C30H22O4/c31-28-29(32)34-30(24-17-9-3-10-18-24,25-19-11-4-12-20-25)21-26(33-28)27(22-13-5-1-6-14-22)23-15-7-2-8-16-23/h1-20H,21H2. The van der Waals surface area contributed by atoms with Gasteiger partial charge in [-0.2, -0.15) is 0 Å². The first-order valence-electron chi connectivity index (χ1n) is 11.1. The molecule has 0 saturated carbocycles. The number of hydrogen-bond acceptors (Lipinski definition) is 4. The van der Waals surface area contributed by atoms with Crippen molar-refractivity contribution < 1.29 is 19.1 Å². The molecule has 0 bridgehead atoms. The fourth-order valence-corrected chi connectivity index (χ4v) is 4.39. The largest absolute Gasteiger partial charge is 0.440 e. The van der Waals surface area contributed by atoms with Gasteiger partial charge in [0.25, 0.3) is 0 Å². The molecule has 0 aromatic heterocycles. The van der Waals surface area contributed by atoms with Gasteiger partial charge in [-0.15, -0.1) is 0 Å². The molecule has 34 heavy (non-hydrogen) atoms. The number of cyclic esters (lactones) is 2. The van der Waals surface area contributed by atoms with Crippen molar-refractivity contribution in [3.63, 3.8) is 0 Å². The van der Waals surface area contributed by atoms with Crippen molar-refractivity contribution in [3.8, 4) is 0 Å². The smallest absolute Gasteiger partial charge is 0.422 e. The maximum absolute atomic E-state index is 12.9. The molecule has 0 N–H and O–H groups in total. The Morgan fingerprint density at radius 3 is 1.41 bits per heavy atom. The van der Waals surface area contributed by atoms with E-state index in [4.69, 9.17) is 9.47 Å². The molecule has 4 nitrogen and oxygen atoms in total. The number of hydrogen-bond donors (Lipinski definition) is 0. The van der Waals surface area contributed by atoms with Gasteiger partial charge in [-0.1, -0.05) is 121 Å². The zero-order valence-corrected chi connectivity index (χ0v) is 18.4. The van der Waals surface area contributed by atoms with E-state index in [1.165, 1.54) is 0 Å². The highest BCUT2D eigenvalue weighted by Crippen LogP contribution is 2.44. The second-order valence-electron chi connectivity index (χ2n) is 8.05. The van der Waals surface area contributed by atoms with E-state index >= 15 is 0 Å². The van der Waals surface area contributed by atoms with Crippen molar-refractivity contribution in [1.82, 2.24) is 0 Å². The van der Waals surface area contributed by atoms with E-state index < -0.39 is 17.5 Å². The molecule has 166 valence electrons. The number of carbonyl (C=O) groups is 2. The molecule has 1 fully saturated rings. The van der Waals surface area contributed by atoms with Crippen LogP contribution >= 0.6 is 0 Å². The van der Waals surface area contributed by atoms with Crippen LogP contribution in [0.25, 0.3) is 5.57 Å². The van der Waals surface area contributed by atoms with Crippen LogP contribution in [0.1, 0.15) is 28.7 Å². The lowest BCUT2D eigenvalue weighted by Gasteiger charge is -2.33. The van der Waals surface area contributed by atoms with Crippen LogP contribution in [0.5, 0.6) is 0 Å². The Bertz CT molecular complexity index is 1250. The summed E-state index contributed by atoms with van der Waals surface area (Å²) in [6, 6.07) is 38.4. The lowest BCUT2D eigenvalue weighted by atomic mass is 9.81. The lowest BCUT2D eigenvalue weighted by Crippen LogP contribution is -2.34. The minimum atomic E-state index is -1.24. The van der Waals surface area contributed by atoms with Gasteiger partial charge in [0.1, 0.15) is 5.76 Å². The average Bonchev–Trinajstić information content (AvgIpc) is 3.03. The molecule has 0 spiro atoms. The van der Waals surface area contributed by atoms with Crippen LogP contribution in [-0.4, -0.2) is 11.9 Å². The molecule has 0 atom stereocenters. The van der Waals surface area contributed by atoms with E-state index in [1.807, 2.05) is 121 Å². The molecule has 0 amide bonds. The van der Waals surface area contributed by atoms with Gasteiger partial charge in [-0.25, -0.2) is 9.59 Å². The summed E-state index contributed by atoms with van der Waals surface area (Å²) in [5, 5.41) is 0. The second kappa shape index (κ2) is 9.20. The number of ether oxygens (including phenoxy) is 2. The second-order valence-corrected chi connectivity index (χ2v) is 8.05. The van der Waals surface area contributed by atoms with Gasteiger partial charge in [0.05, 0.1) is 6.42 Å². The summed E-state index contributed by atoms with van der Waals surface area (Å²) in [6.07, 6.45) is 0.150. The molecular formula is C30H22O4.